The molecule has 0 radical (unpaired) electrons. The first-order chi connectivity index (χ1) is 12.0. The van der Waals surface area contributed by atoms with Crippen molar-refractivity contribution in [3.63, 3.8) is 0 Å². The van der Waals surface area contributed by atoms with Gasteiger partial charge in [-0.3, -0.25) is 9.05 Å². The molecule has 0 spiro atoms. The molecule has 6 nitrogen and oxygen atoms in total. The lowest BCUT2D eigenvalue weighted by Crippen LogP contribution is -2.28. The molecule has 0 amide bonds. The number of ether oxygens (including phenoxy) is 2. The Kier molecular flexibility index (Phi) is 6.60. The molecule has 0 aromatic rings. The van der Waals surface area contributed by atoms with Crippen molar-refractivity contribution in [3.8, 4) is 11.8 Å². The highest BCUT2D eigenvalue weighted by Crippen LogP contribution is 2.55. The van der Waals surface area contributed by atoms with E-state index in [0.717, 1.165) is 38.5 Å². The summed E-state index contributed by atoms with van der Waals surface area (Å²) in [7, 11) is -2.44. The third kappa shape index (κ3) is 5.29. The van der Waals surface area contributed by atoms with Crippen molar-refractivity contribution < 1.29 is 28.0 Å². The van der Waals surface area contributed by atoms with Crippen LogP contribution in [0.3, 0.4) is 0 Å². The van der Waals surface area contributed by atoms with Crippen molar-refractivity contribution in [2.75, 3.05) is 20.3 Å². The first-order valence-corrected chi connectivity index (χ1v) is 10.8. The molecule has 1 saturated carbocycles. The largest absolute Gasteiger partial charge is 0.472 e. The van der Waals surface area contributed by atoms with Crippen molar-refractivity contribution in [1.29, 1.82) is 0 Å². The zero-order valence-electron chi connectivity index (χ0n) is 15.1. The van der Waals surface area contributed by atoms with Crippen molar-refractivity contribution in [2.24, 2.45) is 17.8 Å². The quantitative estimate of drug-likeness (QED) is 0.521. The van der Waals surface area contributed by atoms with Crippen LogP contribution in [-0.4, -0.2) is 43.5 Å². The summed E-state index contributed by atoms with van der Waals surface area (Å²) in [6, 6.07) is 0. The monoisotopic (exact) mass is 372 g/mol. The minimum atomic E-state index is -4.05. The summed E-state index contributed by atoms with van der Waals surface area (Å²) in [6.45, 7) is 2.20. The van der Waals surface area contributed by atoms with Gasteiger partial charge >= 0.3 is 7.82 Å². The number of rotatable bonds is 8. The Morgan fingerprint density at radius 3 is 2.52 bits per heavy atom. The summed E-state index contributed by atoms with van der Waals surface area (Å²) in [5, 5.41) is 0. The molecule has 1 N–H and O–H groups in total. The Hall–Kier alpha value is -0.410. The van der Waals surface area contributed by atoms with Crippen LogP contribution >= 0.6 is 7.82 Å². The van der Waals surface area contributed by atoms with Crippen LogP contribution in [-0.2, 0) is 23.1 Å². The lowest BCUT2D eigenvalue weighted by Gasteiger charge is -2.19. The zero-order valence-corrected chi connectivity index (χ0v) is 16.0. The highest BCUT2D eigenvalue weighted by atomic mass is 31.2. The Bertz CT molecular complexity index is 538. The van der Waals surface area contributed by atoms with Gasteiger partial charge in [0.25, 0.3) is 0 Å². The van der Waals surface area contributed by atoms with E-state index in [-0.39, 0.29) is 31.5 Å². The van der Waals surface area contributed by atoms with Crippen LogP contribution < -0.4 is 0 Å². The topological polar surface area (TPSA) is 74.2 Å². The average Bonchev–Trinajstić information content (AvgIpc) is 3.02. The van der Waals surface area contributed by atoms with Gasteiger partial charge in [-0.1, -0.05) is 0 Å². The van der Waals surface area contributed by atoms with Gasteiger partial charge in [0.05, 0.1) is 25.4 Å². The second-order valence-electron chi connectivity index (χ2n) is 7.30. The second kappa shape index (κ2) is 8.52. The minimum absolute atomic E-state index is 0.00262. The molecule has 2 fully saturated rings. The maximum absolute atomic E-state index is 12.1. The van der Waals surface area contributed by atoms with E-state index in [0.29, 0.717) is 17.8 Å². The summed E-state index contributed by atoms with van der Waals surface area (Å²) < 4.78 is 33.3. The van der Waals surface area contributed by atoms with Crippen molar-refractivity contribution in [3.05, 3.63) is 0 Å². The maximum atomic E-state index is 12.1. The van der Waals surface area contributed by atoms with Gasteiger partial charge in [0, 0.05) is 26.4 Å². The van der Waals surface area contributed by atoms with Gasteiger partial charge in [-0.05, 0) is 43.9 Å². The van der Waals surface area contributed by atoms with E-state index >= 15 is 0 Å². The van der Waals surface area contributed by atoms with Crippen LogP contribution in [0.4, 0.5) is 0 Å². The third-order valence-electron chi connectivity index (χ3n) is 5.64. The van der Waals surface area contributed by atoms with E-state index in [1.807, 2.05) is 6.92 Å². The Balaban J connectivity index is 1.36. The minimum Gasteiger partial charge on any atom is -0.379 e. The van der Waals surface area contributed by atoms with Crippen LogP contribution in [0.2, 0.25) is 0 Å². The first-order valence-electron chi connectivity index (χ1n) is 9.26. The summed E-state index contributed by atoms with van der Waals surface area (Å²) >= 11 is 0. The van der Waals surface area contributed by atoms with Crippen LogP contribution in [0.15, 0.2) is 0 Å². The van der Waals surface area contributed by atoms with Gasteiger partial charge in [0.15, 0.2) is 0 Å². The van der Waals surface area contributed by atoms with E-state index in [2.05, 4.69) is 11.8 Å². The number of fused-ring (bicyclic) bond motifs is 1. The fourth-order valence-electron chi connectivity index (χ4n) is 4.29. The molecule has 2 unspecified atom stereocenters. The molecule has 7 atom stereocenters. The number of phosphoric acid groups is 1. The highest BCUT2D eigenvalue weighted by Gasteiger charge is 2.48. The third-order valence-corrected chi connectivity index (χ3v) is 6.62. The Morgan fingerprint density at radius 2 is 1.88 bits per heavy atom. The predicted molar refractivity (Wildman–Crippen MR) is 92.8 cm³/mol. The normalized spacial score (nSPS) is 39.5. The number of hydrogen-bond acceptors (Lipinski definition) is 5. The van der Waals surface area contributed by atoms with Gasteiger partial charge in [-0.25, -0.2) is 4.57 Å². The summed E-state index contributed by atoms with van der Waals surface area (Å²) in [4.78, 5) is 9.88. The summed E-state index contributed by atoms with van der Waals surface area (Å²) in [5.74, 6) is 8.41. The molecular weight excluding hydrogens is 343 g/mol. The highest BCUT2D eigenvalue weighted by molar-refractivity contribution is 7.47. The molecule has 142 valence electrons. The maximum Gasteiger partial charge on any atom is 0.472 e. The van der Waals surface area contributed by atoms with E-state index in [1.165, 1.54) is 0 Å². The fourth-order valence-corrected chi connectivity index (χ4v) is 5.03. The molecule has 3 rings (SSSR count). The van der Waals surface area contributed by atoms with Crippen molar-refractivity contribution >= 4 is 7.82 Å². The van der Waals surface area contributed by atoms with Crippen LogP contribution in [0.25, 0.3) is 0 Å². The SMILES string of the molecule is CO[C@@H]1C[C@H](C)O[C@@H]1COP(=O)(O)OCCC1[C@H]2CCC#CCC[C@@H]12. The summed E-state index contributed by atoms with van der Waals surface area (Å²) in [6.07, 6.45) is 5.42. The average molecular weight is 372 g/mol. The number of methoxy groups -OCH3 is 1. The lowest BCUT2D eigenvalue weighted by atomic mass is 10.1. The fraction of sp³-hybridized carbons (Fsp3) is 0.889. The zero-order chi connectivity index (χ0) is 17.9. The molecule has 0 bridgehead atoms. The number of hydrogen-bond donors (Lipinski definition) is 1. The Morgan fingerprint density at radius 1 is 1.20 bits per heavy atom. The van der Waals surface area contributed by atoms with E-state index in [4.69, 9.17) is 18.5 Å². The molecule has 3 aliphatic rings. The molecule has 1 heterocycles. The molecule has 7 heteroatoms. The number of phosphoric ester groups is 1. The first kappa shape index (κ1) is 19.4. The van der Waals surface area contributed by atoms with Gasteiger partial charge < -0.3 is 14.4 Å². The molecule has 1 aliphatic heterocycles. The molecule has 2 aliphatic carbocycles. The summed E-state index contributed by atoms with van der Waals surface area (Å²) in [5.41, 5.74) is 0. The van der Waals surface area contributed by atoms with E-state index in [1.54, 1.807) is 7.11 Å². The van der Waals surface area contributed by atoms with Gasteiger partial charge in [0.1, 0.15) is 6.10 Å². The Labute approximate surface area is 150 Å². The van der Waals surface area contributed by atoms with Crippen LogP contribution in [0.5, 0.6) is 0 Å². The van der Waals surface area contributed by atoms with Gasteiger partial charge in [-0.15, -0.1) is 11.8 Å². The van der Waals surface area contributed by atoms with Gasteiger partial charge in [-0.2, -0.15) is 0 Å². The van der Waals surface area contributed by atoms with Crippen LogP contribution in [0, 0.1) is 29.6 Å². The molecule has 25 heavy (non-hydrogen) atoms. The molecule has 0 aromatic heterocycles. The van der Waals surface area contributed by atoms with Crippen molar-refractivity contribution in [2.45, 2.75) is 63.8 Å². The van der Waals surface area contributed by atoms with Crippen LogP contribution in [0.1, 0.15) is 45.4 Å². The smallest absolute Gasteiger partial charge is 0.379 e. The van der Waals surface area contributed by atoms with E-state index in [9.17, 15) is 9.46 Å². The standard InChI is InChI=1S/C18H29O6P/c1-13-11-17(21-2)18(24-13)12-23-25(19,20)22-10-9-16-14-7-5-3-4-6-8-15(14)16/h13-18H,5-12H2,1-2H3,(H,19,20)/t13-,14-,15+,16?,17+,18+/m0/s1. The predicted octanol–water partition coefficient (Wildman–Crippen LogP) is 3.14. The van der Waals surface area contributed by atoms with Crippen molar-refractivity contribution in [1.82, 2.24) is 0 Å². The molecular formula is C18H29O6P. The van der Waals surface area contributed by atoms with E-state index < -0.39 is 7.82 Å². The lowest BCUT2D eigenvalue weighted by molar-refractivity contribution is -0.0315. The second-order valence-corrected chi connectivity index (χ2v) is 8.76. The molecule has 1 saturated heterocycles. The molecule has 0 aromatic carbocycles. The van der Waals surface area contributed by atoms with Gasteiger partial charge in [0.2, 0.25) is 0 Å².